The molecule has 0 saturated heterocycles. The van der Waals surface area contributed by atoms with Gasteiger partial charge in [0.25, 0.3) is 0 Å². The molecule has 0 unspecified atom stereocenters. The number of ether oxygens (including phenoxy) is 4. The summed E-state index contributed by atoms with van der Waals surface area (Å²) in [5, 5.41) is 7.81. The van der Waals surface area contributed by atoms with E-state index in [1.54, 1.807) is 18.9 Å². The standard InChI is InChI=1S/C12H21N3O5/c1-17-6-4-10-11(12(16)19-3)13-14-15(10)5-7-20-9-8-18-2/h4-9H2,1-3H3. The van der Waals surface area contributed by atoms with Gasteiger partial charge in [-0.1, -0.05) is 5.21 Å². The average Bonchev–Trinajstić information content (AvgIpc) is 2.87. The highest BCUT2D eigenvalue weighted by atomic mass is 16.5. The number of carbonyl (C=O) groups is 1. The van der Waals surface area contributed by atoms with E-state index >= 15 is 0 Å². The van der Waals surface area contributed by atoms with E-state index in [4.69, 9.17) is 14.2 Å². The molecule has 1 aromatic heterocycles. The first kappa shape index (κ1) is 16.5. The van der Waals surface area contributed by atoms with Crippen LogP contribution in [0.4, 0.5) is 0 Å². The maximum Gasteiger partial charge on any atom is 0.360 e. The van der Waals surface area contributed by atoms with Crippen LogP contribution in [-0.4, -0.2) is 68.7 Å². The molecule has 0 saturated carbocycles. The lowest BCUT2D eigenvalue weighted by atomic mass is 10.2. The van der Waals surface area contributed by atoms with Gasteiger partial charge in [0.2, 0.25) is 0 Å². The van der Waals surface area contributed by atoms with E-state index < -0.39 is 5.97 Å². The minimum absolute atomic E-state index is 0.224. The minimum atomic E-state index is -0.498. The molecule has 114 valence electrons. The molecule has 1 heterocycles. The molecule has 0 radical (unpaired) electrons. The molecule has 0 aromatic carbocycles. The van der Waals surface area contributed by atoms with Gasteiger partial charge in [-0.25, -0.2) is 9.48 Å². The van der Waals surface area contributed by atoms with Gasteiger partial charge in [-0.2, -0.15) is 0 Å². The fraction of sp³-hybridized carbons (Fsp3) is 0.750. The molecule has 0 bridgehead atoms. The van der Waals surface area contributed by atoms with Gasteiger partial charge in [0, 0.05) is 20.6 Å². The molecule has 1 aromatic rings. The Hall–Kier alpha value is -1.51. The van der Waals surface area contributed by atoms with Gasteiger partial charge >= 0.3 is 5.97 Å². The smallest absolute Gasteiger partial charge is 0.360 e. The molecular weight excluding hydrogens is 266 g/mol. The molecular formula is C12H21N3O5. The van der Waals surface area contributed by atoms with E-state index in [0.717, 1.165) is 0 Å². The maximum absolute atomic E-state index is 11.6. The van der Waals surface area contributed by atoms with Crippen LogP contribution < -0.4 is 0 Å². The predicted octanol–water partition coefficient (Wildman–Crippen LogP) is -0.0834. The molecule has 0 aliphatic heterocycles. The van der Waals surface area contributed by atoms with Crippen LogP contribution in [0.25, 0.3) is 0 Å². The lowest BCUT2D eigenvalue weighted by molar-refractivity contribution is 0.0590. The topological polar surface area (TPSA) is 84.7 Å². The van der Waals surface area contributed by atoms with Gasteiger partial charge in [-0.3, -0.25) is 0 Å². The SMILES string of the molecule is COCCOCCn1nnc(C(=O)OC)c1CCOC. The normalized spacial score (nSPS) is 10.8. The number of esters is 1. The molecule has 0 spiro atoms. The maximum atomic E-state index is 11.6. The summed E-state index contributed by atoms with van der Waals surface area (Å²) in [4.78, 5) is 11.6. The summed E-state index contributed by atoms with van der Waals surface area (Å²) < 4.78 is 21.6. The molecule has 8 nitrogen and oxygen atoms in total. The number of nitrogens with zero attached hydrogens (tertiary/aromatic N) is 3. The first-order chi connectivity index (χ1) is 9.74. The van der Waals surface area contributed by atoms with E-state index in [9.17, 15) is 4.79 Å². The molecule has 0 atom stereocenters. The summed E-state index contributed by atoms with van der Waals surface area (Å²) in [7, 11) is 4.53. The Labute approximate surface area is 117 Å². The second-order valence-electron chi connectivity index (χ2n) is 3.95. The number of rotatable bonds is 10. The Morgan fingerprint density at radius 1 is 1.10 bits per heavy atom. The zero-order chi connectivity index (χ0) is 14.8. The summed E-state index contributed by atoms with van der Waals surface area (Å²) in [6, 6.07) is 0. The number of carbonyl (C=O) groups excluding carboxylic acids is 1. The fourth-order valence-electron chi connectivity index (χ4n) is 1.61. The van der Waals surface area contributed by atoms with Crippen molar-refractivity contribution in [2.45, 2.75) is 13.0 Å². The third-order valence-corrected chi connectivity index (χ3v) is 2.64. The molecule has 0 aliphatic rings. The molecule has 0 amide bonds. The fourth-order valence-corrected chi connectivity index (χ4v) is 1.61. The van der Waals surface area contributed by atoms with Crippen molar-refractivity contribution in [1.29, 1.82) is 0 Å². The van der Waals surface area contributed by atoms with Crippen LogP contribution in [0, 0.1) is 0 Å². The van der Waals surface area contributed by atoms with Crippen molar-refractivity contribution in [3.8, 4) is 0 Å². The van der Waals surface area contributed by atoms with Crippen molar-refractivity contribution in [2.24, 2.45) is 0 Å². The van der Waals surface area contributed by atoms with Crippen LogP contribution in [0.1, 0.15) is 16.2 Å². The van der Waals surface area contributed by atoms with Gasteiger partial charge in [-0.15, -0.1) is 5.10 Å². The Bertz CT molecular complexity index is 408. The average molecular weight is 287 g/mol. The van der Waals surface area contributed by atoms with Crippen molar-refractivity contribution >= 4 is 5.97 Å². The van der Waals surface area contributed by atoms with Crippen molar-refractivity contribution in [3.63, 3.8) is 0 Å². The zero-order valence-electron chi connectivity index (χ0n) is 12.1. The van der Waals surface area contributed by atoms with Crippen LogP contribution in [0.3, 0.4) is 0 Å². The van der Waals surface area contributed by atoms with Crippen LogP contribution in [0.5, 0.6) is 0 Å². The Kier molecular flexibility index (Phi) is 7.78. The largest absolute Gasteiger partial charge is 0.464 e. The van der Waals surface area contributed by atoms with Crippen LogP contribution in [0.2, 0.25) is 0 Å². The van der Waals surface area contributed by atoms with Gasteiger partial charge in [0.1, 0.15) is 0 Å². The number of hydrogen-bond donors (Lipinski definition) is 0. The van der Waals surface area contributed by atoms with E-state index in [2.05, 4.69) is 15.0 Å². The van der Waals surface area contributed by atoms with Crippen molar-refractivity contribution < 1.29 is 23.7 Å². The number of hydrogen-bond acceptors (Lipinski definition) is 7. The second kappa shape index (κ2) is 9.40. The number of aromatic nitrogens is 3. The molecule has 0 fully saturated rings. The molecule has 8 heteroatoms. The van der Waals surface area contributed by atoms with Gasteiger partial charge in [0.15, 0.2) is 5.69 Å². The highest BCUT2D eigenvalue weighted by Crippen LogP contribution is 2.08. The summed E-state index contributed by atoms with van der Waals surface area (Å²) in [6.45, 7) is 2.51. The van der Waals surface area contributed by atoms with E-state index in [0.29, 0.717) is 45.1 Å². The third-order valence-electron chi connectivity index (χ3n) is 2.64. The van der Waals surface area contributed by atoms with Crippen LogP contribution >= 0.6 is 0 Å². The first-order valence-electron chi connectivity index (χ1n) is 6.30. The van der Waals surface area contributed by atoms with E-state index in [-0.39, 0.29) is 5.69 Å². The lowest BCUT2D eigenvalue weighted by Crippen LogP contribution is -2.15. The van der Waals surface area contributed by atoms with E-state index in [1.165, 1.54) is 7.11 Å². The highest BCUT2D eigenvalue weighted by Gasteiger charge is 2.19. The monoisotopic (exact) mass is 287 g/mol. The van der Waals surface area contributed by atoms with Gasteiger partial charge < -0.3 is 18.9 Å². The summed E-state index contributed by atoms with van der Waals surface area (Å²) in [6.07, 6.45) is 0.534. The summed E-state index contributed by atoms with van der Waals surface area (Å²) >= 11 is 0. The Morgan fingerprint density at radius 3 is 2.50 bits per heavy atom. The third kappa shape index (κ3) is 4.87. The minimum Gasteiger partial charge on any atom is -0.464 e. The molecule has 0 aliphatic carbocycles. The number of methoxy groups -OCH3 is 3. The van der Waals surface area contributed by atoms with Crippen LogP contribution in [-0.2, 0) is 31.9 Å². The first-order valence-corrected chi connectivity index (χ1v) is 6.30. The van der Waals surface area contributed by atoms with Gasteiger partial charge in [0.05, 0.1) is 45.8 Å². The van der Waals surface area contributed by atoms with Crippen molar-refractivity contribution in [2.75, 3.05) is 47.8 Å². The second-order valence-corrected chi connectivity index (χ2v) is 3.95. The molecule has 20 heavy (non-hydrogen) atoms. The zero-order valence-corrected chi connectivity index (χ0v) is 12.1. The molecule has 1 rings (SSSR count). The molecule has 0 N–H and O–H groups in total. The van der Waals surface area contributed by atoms with Gasteiger partial charge in [-0.05, 0) is 0 Å². The highest BCUT2D eigenvalue weighted by molar-refractivity contribution is 5.88. The van der Waals surface area contributed by atoms with Crippen LogP contribution in [0.15, 0.2) is 0 Å². The van der Waals surface area contributed by atoms with Crippen molar-refractivity contribution in [3.05, 3.63) is 11.4 Å². The Balaban J connectivity index is 2.64. The quantitative estimate of drug-likeness (QED) is 0.439. The lowest BCUT2D eigenvalue weighted by Gasteiger charge is -2.08. The predicted molar refractivity (Wildman–Crippen MR) is 69.6 cm³/mol. The van der Waals surface area contributed by atoms with E-state index in [1.807, 2.05) is 0 Å². The Morgan fingerprint density at radius 2 is 1.85 bits per heavy atom. The summed E-state index contributed by atoms with van der Waals surface area (Å²) in [5.74, 6) is -0.498. The summed E-state index contributed by atoms with van der Waals surface area (Å²) in [5.41, 5.74) is 0.912. The van der Waals surface area contributed by atoms with Crippen molar-refractivity contribution in [1.82, 2.24) is 15.0 Å².